The van der Waals surface area contributed by atoms with Gasteiger partial charge in [-0.25, -0.2) is 8.42 Å². The normalized spacial score (nSPS) is 24.6. The van der Waals surface area contributed by atoms with Crippen LogP contribution in [-0.4, -0.2) is 14.3 Å². The Kier molecular flexibility index (Phi) is 2.03. The van der Waals surface area contributed by atoms with E-state index >= 15 is 0 Å². The number of hydrogen-bond acceptors (Lipinski definition) is 3. The van der Waals surface area contributed by atoms with E-state index in [-0.39, 0.29) is 6.42 Å². The number of hydrogen-bond donors (Lipinski definition) is 1. The lowest BCUT2D eigenvalue weighted by molar-refractivity contribution is -0.118. The minimum Gasteiger partial charge on any atom is -0.274 e. The highest BCUT2D eigenvalue weighted by atomic mass is 32.2. The Bertz CT molecular complexity index is 452. The second-order valence-corrected chi connectivity index (χ2v) is 5.04. The van der Waals surface area contributed by atoms with Gasteiger partial charge in [-0.05, 0) is 5.56 Å². The molecule has 1 amide bonds. The van der Waals surface area contributed by atoms with Crippen LogP contribution in [0.15, 0.2) is 30.3 Å². The number of amides is 1. The van der Waals surface area contributed by atoms with Crippen molar-refractivity contribution in [3.63, 3.8) is 0 Å². The molecule has 0 spiro atoms. The maximum atomic E-state index is 11.4. The van der Waals surface area contributed by atoms with Gasteiger partial charge < -0.3 is 0 Å². The molecule has 1 fully saturated rings. The van der Waals surface area contributed by atoms with Crippen molar-refractivity contribution >= 4 is 15.9 Å². The number of rotatable bonds is 1. The molecule has 1 N–H and O–H groups in total. The average molecular weight is 211 g/mol. The standard InChI is InChI=1S/C9H9NO3S/c11-9-6-8(14(12,13)10-9)7-4-2-1-3-5-7/h1-5,8H,6H2,(H,10,11). The van der Waals surface area contributed by atoms with E-state index in [0.29, 0.717) is 5.56 Å². The Morgan fingerprint density at radius 3 is 2.36 bits per heavy atom. The minimum absolute atomic E-state index is 0.0202. The molecule has 1 atom stereocenters. The van der Waals surface area contributed by atoms with E-state index in [1.165, 1.54) is 0 Å². The monoisotopic (exact) mass is 211 g/mol. The summed E-state index contributed by atoms with van der Waals surface area (Å²) in [6.45, 7) is 0. The molecule has 1 saturated heterocycles. The van der Waals surface area contributed by atoms with Crippen LogP contribution in [0.5, 0.6) is 0 Å². The Hall–Kier alpha value is -1.36. The van der Waals surface area contributed by atoms with Gasteiger partial charge in [0.2, 0.25) is 15.9 Å². The third kappa shape index (κ3) is 1.50. The van der Waals surface area contributed by atoms with Crippen molar-refractivity contribution in [2.45, 2.75) is 11.7 Å². The molecule has 74 valence electrons. The van der Waals surface area contributed by atoms with E-state index in [1.54, 1.807) is 30.3 Å². The summed E-state index contributed by atoms with van der Waals surface area (Å²) < 4.78 is 24.9. The number of benzene rings is 1. The van der Waals surface area contributed by atoms with Gasteiger partial charge in [0.15, 0.2) is 0 Å². The minimum atomic E-state index is -3.49. The van der Waals surface area contributed by atoms with Crippen LogP contribution in [-0.2, 0) is 14.8 Å². The van der Waals surface area contributed by atoms with Crippen LogP contribution in [0, 0.1) is 0 Å². The highest BCUT2D eigenvalue weighted by Gasteiger charge is 2.37. The molecule has 0 saturated carbocycles. The topological polar surface area (TPSA) is 63.2 Å². The fourth-order valence-electron chi connectivity index (χ4n) is 1.51. The van der Waals surface area contributed by atoms with Crippen LogP contribution in [0.25, 0.3) is 0 Å². The van der Waals surface area contributed by atoms with Crippen molar-refractivity contribution in [1.29, 1.82) is 0 Å². The van der Waals surface area contributed by atoms with Crippen molar-refractivity contribution in [1.82, 2.24) is 4.72 Å². The second kappa shape index (κ2) is 3.09. The molecule has 5 heteroatoms. The maximum Gasteiger partial charge on any atom is 0.242 e. The van der Waals surface area contributed by atoms with Gasteiger partial charge in [0.1, 0.15) is 5.25 Å². The molecule has 0 aliphatic carbocycles. The van der Waals surface area contributed by atoms with Crippen LogP contribution in [0.4, 0.5) is 0 Å². The largest absolute Gasteiger partial charge is 0.274 e. The lowest BCUT2D eigenvalue weighted by Crippen LogP contribution is -2.21. The lowest BCUT2D eigenvalue weighted by atomic mass is 10.1. The van der Waals surface area contributed by atoms with Crippen LogP contribution in [0.3, 0.4) is 0 Å². The summed E-state index contributed by atoms with van der Waals surface area (Å²) in [5, 5.41) is -0.726. The fraction of sp³-hybridized carbons (Fsp3) is 0.222. The molecular weight excluding hydrogens is 202 g/mol. The summed E-state index contributed by atoms with van der Waals surface area (Å²) in [6, 6.07) is 8.74. The van der Waals surface area contributed by atoms with Crippen molar-refractivity contribution in [3.05, 3.63) is 35.9 Å². The summed E-state index contributed by atoms with van der Waals surface area (Å²) in [5.74, 6) is -0.432. The van der Waals surface area contributed by atoms with E-state index in [0.717, 1.165) is 0 Å². The van der Waals surface area contributed by atoms with Gasteiger partial charge >= 0.3 is 0 Å². The van der Waals surface area contributed by atoms with E-state index in [9.17, 15) is 13.2 Å². The predicted molar refractivity (Wildman–Crippen MR) is 50.9 cm³/mol. The number of sulfonamides is 1. The van der Waals surface area contributed by atoms with Gasteiger partial charge in [0.05, 0.1) is 6.42 Å². The van der Waals surface area contributed by atoms with E-state index in [1.807, 2.05) is 4.72 Å². The number of nitrogens with one attached hydrogen (secondary N) is 1. The Morgan fingerprint density at radius 2 is 1.86 bits per heavy atom. The molecule has 1 aromatic carbocycles. The first-order chi connectivity index (χ1) is 6.59. The molecule has 2 rings (SSSR count). The molecule has 1 aliphatic heterocycles. The molecule has 1 heterocycles. The molecular formula is C9H9NO3S. The van der Waals surface area contributed by atoms with Gasteiger partial charge in [-0.1, -0.05) is 30.3 Å². The Morgan fingerprint density at radius 1 is 1.21 bits per heavy atom. The Labute approximate surface area is 82.0 Å². The van der Waals surface area contributed by atoms with Gasteiger partial charge in [-0.2, -0.15) is 0 Å². The van der Waals surface area contributed by atoms with Crippen molar-refractivity contribution in [2.75, 3.05) is 0 Å². The number of carbonyl (C=O) groups excluding carboxylic acids is 1. The summed E-state index contributed by atoms with van der Waals surface area (Å²) in [7, 11) is -3.49. The maximum absolute atomic E-state index is 11.4. The van der Waals surface area contributed by atoms with Gasteiger partial charge in [-0.15, -0.1) is 0 Å². The molecule has 1 unspecified atom stereocenters. The van der Waals surface area contributed by atoms with Crippen LogP contribution < -0.4 is 4.72 Å². The first-order valence-electron chi connectivity index (χ1n) is 4.19. The smallest absolute Gasteiger partial charge is 0.242 e. The van der Waals surface area contributed by atoms with Crippen molar-refractivity contribution in [3.8, 4) is 0 Å². The Balaban J connectivity index is 2.42. The molecule has 0 aromatic heterocycles. The van der Waals surface area contributed by atoms with E-state index < -0.39 is 21.2 Å². The lowest BCUT2D eigenvalue weighted by Gasteiger charge is -2.06. The fourth-order valence-corrected chi connectivity index (χ4v) is 2.94. The second-order valence-electron chi connectivity index (χ2n) is 3.17. The van der Waals surface area contributed by atoms with Crippen molar-refractivity contribution in [2.24, 2.45) is 0 Å². The number of carbonyl (C=O) groups is 1. The SMILES string of the molecule is O=C1CC(c2ccccc2)S(=O)(=O)N1. The zero-order valence-corrected chi connectivity index (χ0v) is 8.12. The van der Waals surface area contributed by atoms with Crippen LogP contribution >= 0.6 is 0 Å². The first-order valence-corrected chi connectivity index (χ1v) is 5.73. The van der Waals surface area contributed by atoms with E-state index in [2.05, 4.69) is 0 Å². The molecule has 0 bridgehead atoms. The summed E-state index contributed by atoms with van der Waals surface area (Å²) in [5.41, 5.74) is 0.658. The zero-order chi connectivity index (χ0) is 10.2. The van der Waals surface area contributed by atoms with E-state index in [4.69, 9.17) is 0 Å². The van der Waals surface area contributed by atoms with Crippen molar-refractivity contribution < 1.29 is 13.2 Å². The summed E-state index contributed by atoms with van der Waals surface area (Å²) in [4.78, 5) is 11.0. The van der Waals surface area contributed by atoms with Crippen LogP contribution in [0.2, 0.25) is 0 Å². The predicted octanol–water partition coefficient (Wildman–Crippen LogP) is 0.577. The average Bonchev–Trinajstić information content (AvgIpc) is 2.41. The van der Waals surface area contributed by atoms with Gasteiger partial charge in [0, 0.05) is 0 Å². The first kappa shape index (κ1) is 9.21. The van der Waals surface area contributed by atoms with Gasteiger partial charge in [0.25, 0.3) is 0 Å². The third-order valence-corrected chi connectivity index (χ3v) is 3.87. The summed E-state index contributed by atoms with van der Waals surface area (Å²) >= 11 is 0. The van der Waals surface area contributed by atoms with Crippen LogP contribution in [0.1, 0.15) is 17.2 Å². The molecule has 1 aliphatic rings. The highest BCUT2D eigenvalue weighted by molar-refractivity contribution is 7.90. The highest BCUT2D eigenvalue weighted by Crippen LogP contribution is 2.29. The quantitative estimate of drug-likeness (QED) is 0.739. The molecule has 0 radical (unpaired) electrons. The van der Waals surface area contributed by atoms with Gasteiger partial charge in [-0.3, -0.25) is 9.52 Å². The zero-order valence-electron chi connectivity index (χ0n) is 7.30. The molecule has 4 nitrogen and oxygen atoms in total. The summed E-state index contributed by atoms with van der Waals surface area (Å²) in [6.07, 6.45) is 0.0202. The molecule has 14 heavy (non-hydrogen) atoms. The molecule has 1 aromatic rings. The third-order valence-electron chi connectivity index (χ3n) is 2.17.